The lowest BCUT2D eigenvalue weighted by Crippen LogP contribution is -2.18. The van der Waals surface area contributed by atoms with E-state index in [0.717, 1.165) is 43.7 Å². The van der Waals surface area contributed by atoms with Gasteiger partial charge in [-0.3, -0.25) is 0 Å². The van der Waals surface area contributed by atoms with Crippen molar-refractivity contribution in [3.8, 4) is 0 Å². The minimum atomic E-state index is -4.64. The van der Waals surface area contributed by atoms with E-state index in [1.807, 2.05) is 0 Å². The maximum Gasteiger partial charge on any atom is 0.416 e. The van der Waals surface area contributed by atoms with Crippen LogP contribution in [0.4, 0.5) is 26.3 Å². The van der Waals surface area contributed by atoms with Crippen LogP contribution in [0.1, 0.15) is 49.0 Å². The molecule has 0 fully saturated rings. The lowest BCUT2D eigenvalue weighted by Gasteiger charge is -2.18. The molecule has 3 aromatic carbocycles. The van der Waals surface area contributed by atoms with Gasteiger partial charge in [0.2, 0.25) is 0 Å². The number of aliphatic hydroxyl groups is 1. The first-order valence-corrected chi connectivity index (χ1v) is 10.1. The van der Waals surface area contributed by atoms with Gasteiger partial charge in [-0.15, -0.1) is 0 Å². The van der Waals surface area contributed by atoms with Gasteiger partial charge in [-0.25, -0.2) is 0 Å². The van der Waals surface area contributed by atoms with Gasteiger partial charge in [0.05, 0.1) is 17.2 Å². The van der Waals surface area contributed by atoms with Crippen LogP contribution in [0.2, 0.25) is 0 Å². The largest absolute Gasteiger partial charge is 0.416 e. The second-order valence-electron chi connectivity index (χ2n) is 7.57. The highest BCUT2D eigenvalue weighted by atomic mass is 19.4. The van der Waals surface area contributed by atoms with E-state index >= 15 is 0 Å². The van der Waals surface area contributed by atoms with Crippen molar-refractivity contribution in [1.82, 2.24) is 5.32 Å². The maximum absolute atomic E-state index is 13.3. The third kappa shape index (κ3) is 5.30. The van der Waals surface area contributed by atoms with Crippen molar-refractivity contribution >= 4 is 21.5 Å². The van der Waals surface area contributed by atoms with Crippen molar-refractivity contribution in [3.63, 3.8) is 0 Å². The van der Waals surface area contributed by atoms with E-state index in [1.165, 1.54) is 12.1 Å². The van der Waals surface area contributed by atoms with Crippen molar-refractivity contribution in [1.29, 1.82) is 0 Å². The van der Waals surface area contributed by atoms with Crippen LogP contribution in [0.5, 0.6) is 0 Å². The van der Waals surface area contributed by atoms with E-state index in [-0.39, 0.29) is 10.8 Å². The molecule has 168 valence electrons. The molecule has 3 rings (SSSR count). The first kappa shape index (κ1) is 23.3. The van der Waals surface area contributed by atoms with Crippen LogP contribution in [0.15, 0.2) is 42.5 Å². The van der Waals surface area contributed by atoms with Gasteiger partial charge < -0.3 is 10.4 Å². The Balaban J connectivity index is 2.12. The number of nitrogens with one attached hydrogen (secondary N) is 1. The van der Waals surface area contributed by atoms with Crippen LogP contribution in [-0.2, 0) is 12.4 Å². The lowest BCUT2D eigenvalue weighted by molar-refractivity contribution is -0.138. The number of halogens is 6. The molecule has 1 atom stereocenters. The Labute approximate surface area is 175 Å². The maximum atomic E-state index is 13.3. The predicted molar refractivity (Wildman–Crippen MR) is 109 cm³/mol. The fourth-order valence-corrected chi connectivity index (χ4v) is 3.63. The van der Waals surface area contributed by atoms with Gasteiger partial charge in [-0.05, 0) is 83.4 Å². The number of fused-ring (bicyclic) bond motifs is 3. The van der Waals surface area contributed by atoms with E-state index in [0.29, 0.717) is 29.3 Å². The van der Waals surface area contributed by atoms with Gasteiger partial charge in [0.25, 0.3) is 0 Å². The second kappa shape index (κ2) is 9.04. The van der Waals surface area contributed by atoms with Gasteiger partial charge in [0, 0.05) is 0 Å². The Morgan fingerprint density at radius 2 is 1.42 bits per heavy atom. The molecule has 0 aromatic heterocycles. The fraction of sp³-hybridized carbons (Fsp3) is 0.391. The smallest absolute Gasteiger partial charge is 0.388 e. The van der Waals surface area contributed by atoms with Crippen LogP contribution < -0.4 is 5.32 Å². The van der Waals surface area contributed by atoms with Gasteiger partial charge in [0.15, 0.2) is 0 Å². The summed E-state index contributed by atoms with van der Waals surface area (Å²) in [5, 5.41) is 14.6. The SMILES string of the molecule is CCCCNCCC(O)c1cc2ccc(C(F)(F)F)cc2c2cc(C(F)(F)F)ccc12. The standard InChI is InChI=1S/C23H23F6NO/c1-2-3-9-30-10-8-21(31)20-11-14-4-5-15(22(24,25)26)12-18(14)19-13-16(23(27,28)29)6-7-17(19)20/h4-7,11-13,21,30-31H,2-3,8-10H2,1H3. The molecule has 2 N–H and O–H groups in total. The van der Waals surface area contributed by atoms with Crippen molar-refractivity contribution in [3.05, 3.63) is 59.2 Å². The summed E-state index contributed by atoms with van der Waals surface area (Å²) in [6.07, 6.45) is -7.90. The number of benzene rings is 3. The Hall–Kier alpha value is -2.32. The molecule has 0 aliphatic rings. The Morgan fingerprint density at radius 1 is 0.806 bits per heavy atom. The topological polar surface area (TPSA) is 32.3 Å². The van der Waals surface area contributed by atoms with Gasteiger partial charge in [0.1, 0.15) is 0 Å². The Kier molecular flexibility index (Phi) is 6.81. The van der Waals surface area contributed by atoms with E-state index < -0.39 is 29.6 Å². The van der Waals surface area contributed by atoms with Crippen molar-refractivity contribution in [2.45, 2.75) is 44.6 Å². The predicted octanol–water partition coefficient (Wildman–Crippen LogP) is 6.84. The highest BCUT2D eigenvalue weighted by Crippen LogP contribution is 2.39. The molecule has 0 aliphatic carbocycles. The number of hydrogen-bond donors (Lipinski definition) is 2. The fourth-order valence-electron chi connectivity index (χ4n) is 3.63. The third-order valence-electron chi connectivity index (χ3n) is 5.30. The summed E-state index contributed by atoms with van der Waals surface area (Å²) in [5.74, 6) is 0. The quantitative estimate of drug-likeness (QED) is 0.238. The van der Waals surface area contributed by atoms with E-state index in [9.17, 15) is 31.4 Å². The van der Waals surface area contributed by atoms with Crippen molar-refractivity contribution in [2.75, 3.05) is 13.1 Å². The van der Waals surface area contributed by atoms with Crippen LogP contribution in [0, 0.1) is 0 Å². The minimum Gasteiger partial charge on any atom is -0.388 e. The molecule has 0 aliphatic heterocycles. The number of aliphatic hydroxyl groups excluding tert-OH is 1. The molecule has 2 nitrogen and oxygen atoms in total. The number of alkyl halides is 6. The first-order chi connectivity index (χ1) is 14.5. The molecule has 0 radical (unpaired) electrons. The van der Waals surface area contributed by atoms with E-state index in [1.54, 1.807) is 6.07 Å². The molecule has 1 unspecified atom stereocenters. The Morgan fingerprint density at radius 3 is 2.03 bits per heavy atom. The summed E-state index contributed by atoms with van der Waals surface area (Å²) in [6.45, 7) is 3.35. The van der Waals surface area contributed by atoms with Gasteiger partial charge in [-0.2, -0.15) is 26.3 Å². The lowest BCUT2D eigenvalue weighted by atomic mass is 9.91. The molecule has 8 heteroatoms. The second-order valence-corrected chi connectivity index (χ2v) is 7.57. The summed E-state index contributed by atoms with van der Waals surface area (Å²) in [7, 11) is 0. The van der Waals surface area contributed by atoms with Gasteiger partial charge in [-0.1, -0.05) is 25.5 Å². The molecule has 31 heavy (non-hydrogen) atoms. The molecule has 0 spiro atoms. The third-order valence-corrected chi connectivity index (χ3v) is 5.30. The highest BCUT2D eigenvalue weighted by molar-refractivity contribution is 6.09. The van der Waals surface area contributed by atoms with Crippen molar-refractivity contribution in [2.24, 2.45) is 0 Å². The van der Waals surface area contributed by atoms with Crippen LogP contribution >= 0.6 is 0 Å². The zero-order chi connectivity index (χ0) is 22.8. The zero-order valence-electron chi connectivity index (χ0n) is 16.9. The summed E-state index contributed by atoms with van der Waals surface area (Å²) < 4.78 is 79.4. The van der Waals surface area contributed by atoms with Crippen LogP contribution in [0.25, 0.3) is 21.5 Å². The molecular formula is C23H23F6NO. The van der Waals surface area contributed by atoms with Crippen LogP contribution in [0.3, 0.4) is 0 Å². The minimum absolute atomic E-state index is 0.0337. The first-order valence-electron chi connectivity index (χ1n) is 10.1. The average Bonchev–Trinajstić information content (AvgIpc) is 2.70. The van der Waals surface area contributed by atoms with Crippen molar-refractivity contribution < 1.29 is 31.4 Å². The summed E-state index contributed by atoms with van der Waals surface area (Å²) in [6, 6.07) is 7.51. The van der Waals surface area contributed by atoms with Crippen LogP contribution in [-0.4, -0.2) is 18.2 Å². The summed E-state index contributed by atoms with van der Waals surface area (Å²) in [4.78, 5) is 0. The zero-order valence-corrected chi connectivity index (χ0v) is 16.9. The molecule has 0 amide bonds. The molecule has 0 heterocycles. The summed E-state index contributed by atoms with van der Waals surface area (Å²) >= 11 is 0. The number of unbranched alkanes of at least 4 members (excludes halogenated alkanes) is 1. The molecule has 0 saturated heterocycles. The normalized spacial score (nSPS) is 13.8. The number of rotatable bonds is 7. The summed E-state index contributed by atoms with van der Waals surface area (Å²) in [5.41, 5.74) is -1.49. The molecule has 3 aromatic rings. The average molecular weight is 443 g/mol. The van der Waals surface area contributed by atoms with E-state index in [2.05, 4.69) is 12.2 Å². The molecular weight excluding hydrogens is 420 g/mol. The molecule has 0 bridgehead atoms. The number of hydrogen-bond acceptors (Lipinski definition) is 2. The highest BCUT2D eigenvalue weighted by Gasteiger charge is 2.32. The van der Waals surface area contributed by atoms with Gasteiger partial charge >= 0.3 is 12.4 Å². The monoisotopic (exact) mass is 443 g/mol. The Bertz CT molecular complexity index is 1060. The molecule has 0 saturated carbocycles. The van der Waals surface area contributed by atoms with E-state index in [4.69, 9.17) is 0 Å².